The van der Waals surface area contributed by atoms with Crippen molar-refractivity contribution in [2.24, 2.45) is 0 Å². The molecule has 3 aliphatic rings. The molecule has 1 aromatic heterocycles. The fourth-order valence-corrected chi connectivity index (χ4v) is 5.78. The molecule has 0 radical (unpaired) electrons. The lowest BCUT2D eigenvalue weighted by Gasteiger charge is -2.41. The van der Waals surface area contributed by atoms with Gasteiger partial charge in [0.15, 0.2) is 11.6 Å². The standard InChI is InChI=1S/C22H29N5O2S/c1-26-10-12-27(13-11-26)17-5-3-16(4-6-17)20-23-18-7-14-30(29)19(18)21(24-20)25-22(15-28)8-2-9-22/h3-6,28H,2,7-15H2,1H3,(H,23,24,25)/t30-/m1/s1. The number of likely N-dealkylation sites (N-methyl/N-ethyl adjacent to an activating group) is 1. The molecule has 2 aliphatic heterocycles. The highest BCUT2D eigenvalue weighted by molar-refractivity contribution is 7.91. The normalized spacial score (nSPS) is 23.2. The fourth-order valence-electron chi connectivity index (χ4n) is 4.47. The average molecular weight is 428 g/mol. The van der Waals surface area contributed by atoms with Crippen molar-refractivity contribution in [2.75, 3.05) is 55.8 Å². The molecule has 2 aromatic rings. The Hall–Kier alpha value is -1.87. The predicted molar refractivity (Wildman–Crippen MR) is 119 cm³/mol. The first-order chi connectivity index (χ1) is 14.6. The molecule has 0 bridgehead atoms. The maximum absolute atomic E-state index is 12.6. The second kappa shape index (κ2) is 8.00. The van der Waals surface area contributed by atoms with Crippen molar-refractivity contribution >= 4 is 22.7 Å². The van der Waals surface area contributed by atoms with Crippen molar-refractivity contribution < 1.29 is 9.66 Å². The summed E-state index contributed by atoms with van der Waals surface area (Å²) in [5.74, 6) is 1.89. The van der Waals surface area contributed by atoms with E-state index in [1.807, 2.05) is 0 Å². The van der Waals surface area contributed by atoms with Gasteiger partial charge in [-0.1, -0.05) is 0 Å². The van der Waals surface area contributed by atoms with Crippen molar-refractivity contribution in [3.05, 3.63) is 30.0 Å². The molecule has 3 heterocycles. The number of hydrogen-bond donors (Lipinski definition) is 2. The quantitative estimate of drug-likeness (QED) is 0.705. The van der Waals surface area contributed by atoms with Gasteiger partial charge < -0.3 is 24.8 Å². The summed E-state index contributed by atoms with van der Waals surface area (Å²) in [6.45, 7) is 4.29. The van der Waals surface area contributed by atoms with E-state index in [0.29, 0.717) is 23.8 Å². The number of piperazine rings is 1. The lowest BCUT2D eigenvalue weighted by molar-refractivity contribution is 0.143. The van der Waals surface area contributed by atoms with Gasteiger partial charge in [-0.25, -0.2) is 9.97 Å². The molecule has 0 unspecified atom stereocenters. The molecular formula is C22H29N5O2S. The molecule has 7 nitrogen and oxygen atoms in total. The zero-order valence-electron chi connectivity index (χ0n) is 17.4. The van der Waals surface area contributed by atoms with Gasteiger partial charge in [-0.15, -0.1) is 0 Å². The first kappa shape index (κ1) is 20.1. The summed E-state index contributed by atoms with van der Waals surface area (Å²) in [5, 5.41) is 13.3. The highest BCUT2D eigenvalue weighted by Crippen LogP contribution is 2.39. The van der Waals surface area contributed by atoms with E-state index in [2.05, 4.69) is 46.4 Å². The number of aromatic nitrogens is 2. The van der Waals surface area contributed by atoms with E-state index < -0.39 is 11.2 Å². The number of rotatable bonds is 5. The van der Waals surface area contributed by atoms with E-state index >= 15 is 0 Å². The second-order valence-electron chi connectivity index (χ2n) is 8.73. The molecule has 1 atom stereocenters. The van der Waals surface area contributed by atoms with Gasteiger partial charge in [0.25, 0.3) is 0 Å². The lowest BCUT2D eigenvalue weighted by atomic mass is 9.77. The van der Waals surface area contributed by atoms with Gasteiger partial charge in [0.1, 0.15) is 11.4 Å². The number of anilines is 2. The van der Waals surface area contributed by atoms with Gasteiger partial charge in [-0.3, -0.25) is 0 Å². The summed E-state index contributed by atoms with van der Waals surface area (Å²) >= 11 is -1.08. The Morgan fingerprint density at radius 2 is 1.87 bits per heavy atom. The lowest BCUT2D eigenvalue weighted by Crippen LogP contribution is -2.48. The van der Waals surface area contributed by atoms with Gasteiger partial charge in [-0.2, -0.15) is 0 Å². The Balaban J connectivity index is 1.44. The van der Waals surface area contributed by atoms with Gasteiger partial charge in [0.2, 0.25) is 4.90 Å². The minimum Gasteiger partial charge on any atom is -0.611 e. The van der Waals surface area contributed by atoms with Crippen LogP contribution in [-0.4, -0.2) is 75.7 Å². The summed E-state index contributed by atoms with van der Waals surface area (Å²) < 4.78 is 12.6. The van der Waals surface area contributed by atoms with E-state index in [-0.39, 0.29) is 12.1 Å². The predicted octanol–water partition coefficient (Wildman–Crippen LogP) is 1.89. The van der Waals surface area contributed by atoms with Gasteiger partial charge >= 0.3 is 0 Å². The summed E-state index contributed by atoms with van der Waals surface area (Å²) in [6, 6.07) is 8.44. The smallest absolute Gasteiger partial charge is 0.216 e. The van der Waals surface area contributed by atoms with Crippen molar-refractivity contribution in [1.82, 2.24) is 14.9 Å². The van der Waals surface area contributed by atoms with Crippen molar-refractivity contribution in [1.29, 1.82) is 0 Å². The first-order valence-corrected chi connectivity index (χ1v) is 12.1. The summed E-state index contributed by atoms with van der Waals surface area (Å²) in [7, 11) is 2.16. The number of nitrogens with one attached hydrogen (secondary N) is 1. The van der Waals surface area contributed by atoms with Crippen molar-refractivity contribution in [3.8, 4) is 11.4 Å². The maximum atomic E-state index is 12.6. The highest BCUT2D eigenvalue weighted by atomic mass is 32.2. The first-order valence-electron chi connectivity index (χ1n) is 10.8. The van der Waals surface area contributed by atoms with Crippen LogP contribution in [-0.2, 0) is 17.6 Å². The molecule has 1 saturated heterocycles. The molecule has 0 amide bonds. The monoisotopic (exact) mass is 427 g/mol. The van der Waals surface area contributed by atoms with Crippen LogP contribution in [0.2, 0.25) is 0 Å². The number of hydrogen-bond acceptors (Lipinski definition) is 7. The zero-order valence-corrected chi connectivity index (χ0v) is 18.2. The molecule has 2 fully saturated rings. The molecule has 1 saturated carbocycles. The van der Waals surface area contributed by atoms with Crippen LogP contribution in [0, 0.1) is 0 Å². The number of nitrogens with zero attached hydrogens (tertiary/aromatic N) is 4. The molecule has 8 heteroatoms. The summed E-state index contributed by atoms with van der Waals surface area (Å²) in [4.78, 5) is 15.0. The van der Waals surface area contributed by atoms with Gasteiger partial charge in [0.05, 0.1) is 12.1 Å². The molecule has 0 spiro atoms. The van der Waals surface area contributed by atoms with E-state index in [0.717, 1.165) is 61.6 Å². The van der Waals surface area contributed by atoms with E-state index in [1.54, 1.807) is 0 Å². The van der Waals surface area contributed by atoms with Crippen molar-refractivity contribution in [3.63, 3.8) is 0 Å². The molecule has 30 heavy (non-hydrogen) atoms. The summed E-state index contributed by atoms with van der Waals surface area (Å²) in [5.41, 5.74) is 2.72. The van der Waals surface area contributed by atoms with E-state index in [4.69, 9.17) is 9.97 Å². The number of aliphatic hydroxyl groups excluding tert-OH is 1. The maximum Gasteiger partial charge on any atom is 0.216 e. The van der Waals surface area contributed by atoms with Crippen molar-refractivity contribution in [2.45, 2.75) is 36.1 Å². The Kier molecular flexibility index (Phi) is 5.35. The minimum atomic E-state index is -1.08. The highest BCUT2D eigenvalue weighted by Gasteiger charge is 2.40. The Bertz CT molecular complexity index is 905. The SMILES string of the molecule is CN1CCN(c2ccc(-c3nc4c(c(NC5(CO)CCC5)n3)[S@+]([O-])CC4)cc2)CC1. The Labute approximate surface area is 180 Å². The van der Waals surface area contributed by atoms with Crippen LogP contribution in [0.1, 0.15) is 25.0 Å². The van der Waals surface area contributed by atoms with E-state index in [9.17, 15) is 9.66 Å². The van der Waals surface area contributed by atoms with Crippen LogP contribution >= 0.6 is 0 Å². The van der Waals surface area contributed by atoms with Crippen LogP contribution in [0.15, 0.2) is 29.2 Å². The van der Waals surface area contributed by atoms with Gasteiger partial charge in [-0.05, 0) is 61.8 Å². The van der Waals surface area contributed by atoms with Gasteiger partial charge in [0, 0.05) is 43.9 Å². The summed E-state index contributed by atoms with van der Waals surface area (Å²) in [6.07, 6.45) is 3.61. The van der Waals surface area contributed by atoms with E-state index in [1.165, 1.54) is 5.69 Å². The molecule has 1 aromatic carbocycles. The Morgan fingerprint density at radius 1 is 1.13 bits per heavy atom. The molecule has 5 rings (SSSR count). The molecule has 1 aliphatic carbocycles. The van der Waals surface area contributed by atoms with Crippen LogP contribution in [0.3, 0.4) is 0 Å². The van der Waals surface area contributed by atoms with Crippen LogP contribution in [0.5, 0.6) is 0 Å². The average Bonchev–Trinajstić information content (AvgIpc) is 3.12. The van der Waals surface area contributed by atoms with Crippen LogP contribution < -0.4 is 10.2 Å². The second-order valence-corrected chi connectivity index (χ2v) is 10.2. The molecular weight excluding hydrogens is 398 g/mol. The topological polar surface area (TPSA) is 87.6 Å². The molecule has 160 valence electrons. The molecule has 2 N–H and O–H groups in total. The minimum absolute atomic E-state index is 0.0630. The largest absolute Gasteiger partial charge is 0.611 e. The third-order valence-electron chi connectivity index (χ3n) is 6.68. The number of aliphatic hydroxyl groups is 1. The third-order valence-corrected chi connectivity index (χ3v) is 8.14. The number of benzene rings is 1. The number of fused-ring (bicyclic) bond motifs is 1. The van der Waals surface area contributed by atoms with Crippen LogP contribution in [0.25, 0.3) is 11.4 Å². The zero-order chi connectivity index (χ0) is 20.7. The number of aryl methyl sites for hydroxylation is 1. The van der Waals surface area contributed by atoms with Crippen LogP contribution in [0.4, 0.5) is 11.5 Å². The Morgan fingerprint density at radius 3 is 2.50 bits per heavy atom. The third kappa shape index (κ3) is 3.66. The fraction of sp³-hybridized carbons (Fsp3) is 0.545.